The minimum absolute atomic E-state index is 0.0902. The molecule has 0 spiro atoms. The van der Waals surface area contributed by atoms with Crippen LogP contribution in [-0.4, -0.2) is 19.3 Å². The van der Waals surface area contributed by atoms with E-state index in [9.17, 15) is 5.26 Å². The van der Waals surface area contributed by atoms with Crippen LogP contribution in [-0.2, 0) is 4.74 Å². The van der Waals surface area contributed by atoms with E-state index in [1.165, 1.54) is 5.56 Å². The van der Waals surface area contributed by atoms with Crippen LogP contribution in [0.25, 0.3) is 0 Å². The third-order valence-electron chi connectivity index (χ3n) is 3.76. The van der Waals surface area contributed by atoms with Gasteiger partial charge in [-0.1, -0.05) is 43.7 Å². The molecule has 0 saturated heterocycles. The topological polar surface area (TPSA) is 45.0 Å². The van der Waals surface area contributed by atoms with Gasteiger partial charge in [0.1, 0.15) is 5.54 Å². The Labute approximate surface area is 109 Å². The Kier molecular flexibility index (Phi) is 4.00. The summed E-state index contributed by atoms with van der Waals surface area (Å²) in [4.78, 5) is 0. The van der Waals surface area contributed by atoms with Gasteiger partial charge in [-0.3, -0.25) is 5.32 Å². The molecule has 1 aromatic carbocycles. The normalized spacial score (nSPS) is 27.5. The summed E-state index contributed by atoms with van der Waals surface area (Å²) in [6.07, 6.45) is 2.00. The molecule has 0 bridgehead atoms. The fraction of sp³-hybridized carbons (Fsp3) is 0.533. The second kappa shape index (κ2) is 5.51. The number of ether oxygens (including phenoxy) is 1. The standard InChI is InChI=1S/C15H20N2O/c1-3-13-9-15(13,11-16)17-14(10-18-2)12-7-5-4-6-8-12/h4-8,13-14,17H,3,9-10H2,1-2H3/t13-,14+,15-/m1/s1. The predicted molar refractivity (Wildman–Crippen MR) is 70.9 cm³/mol. The highest BCUT2D eigenvalue weighted by Crippen LogP contribution is 2.46. The number of rotatable bonds is 6. The van der Waals surface area contributed by atoms with E-state index in [2.05, 4.69) is 30.4 Å². The Morgan fingerprint density at radius 3 is 2.72 bits per heavy atom. The number of hydrogen-bond donors (Lipinski definition) is 1. The molecule has 1 N–H and O–H groups in total. The van der Waals surface area contributed by atoms with Gasteiger partial charge in [0, 0.05) is 7.11 Å². The van der Waals surface area contributed by atoms with Gasteiger partial charge in [0.05, 0.1) is 18.7 Å². The fourth-order valence-electron chi connectivity index (χ4n) is 2.55. The minimum atomic E-state index is -0.339. The Morgan fingerprint density at radius 2 is 2.22 bits per heavy atom. The van der Waals surface area contributed by atoms with Gasteiger partial charge in [-0.15, -0.1) is 0 Å². The maximum atomic E-state index is 9.37. The van der Waals surface area contributed by atoms with Crippen LogP contribution in [0.2, 0.25) is 0 Å². The molecule has 1 fully saturated rings. The first-order valence-electron chi connectivity index (χ1n) is 6.48. The average Bonchev–Trinajstić information content (AvgIpc) is 3.13. The van der Waals surface area contributed by atoms with Crippen LogP contribution in [0.3, 0.4) is 0 Å². The van der Waals surface area contributed by atoms with E-state index in [4.69, 9.17) is 4.74 Å². The highest BCUT2D eigenvalue weighted by molar-refractivity contribution is 5.27. The third-order valence-corrected chi connectivity index (χ3v) is 3.76. The summed E-state index contributed by atoms with van der Waals surface area (Å²) < 4.78 is 5.27. The summed E-state index contributed by atoms with van der Waals surface area (Å²) in [7, 11) is 1.70. The van der Waals surface area contributed by atoms with Crippen molar-refractivity contribution in [2.45, 2.75) is 31.3 Å². The van der Waals surface area contributed by atoms with Gasteiger partial charge in [0.25, 0.3) is 0 Å². The quantitative estimate of drug-likeness (QED) is 0.836. The summed E-state index contributed by atoms with van der Waals surface area (Å²) in [6.45, 7) is 2.73. The molecular formula is C15H20N2O. The number of hydrogen-bond acceptors (Lipinski definition) is 3. The third kappa shape index (κ3) is 2.55. The van der Waals surface area contributed by atoms with E-state index in [-0.39, 0.29) is 11.6 Å². The molecule has 1 aliphatic rings. The van der Waals surface area contributed by atoms with Crippen molar-refractivity contribution in [3.63, 3.8) is 0 Å². The van der Waals surface area contributed by atoms with Gasteiger partial charge in [0.2, 0.25) is 0 Å². The molecule has 2 rings (SSSR count). The minimum Gasteiger partial charge on any atom is -0.383 e. The van der Waals surface area contributed by atoms with Crippen molar-refractivity contribution in [3.05, 3.63) is 35.9 Å². The Bertz CT molecular complexity index is 426. The summed E-state index contributed by atoms with van der Waals surface area (Å²) in [5, 5.41) is 12.9. The van der Waals surface area contributed by atoms with Gasteiger partial charge in [-0.2, -0.15) is 5.26 Å². The number of benzene rings is 1. The van der Waals surface area contributed by atoms with Crippen molar-refractivity contribution in [2.75, 3.05) is 13.7 Å². The summed E-state index contributed by atoms with van der Waals surface area (Å²) in [6, 6.07) is 12.7. The lowest BCUT2D eigenvalue weighted by Crippen LogP contribution is -2.37. The Balaban J connectivity index is 2.11. The smallest absolute Gasteiger partial charge is 0.110 e. The number of nitrogens with one attached hydrogen (secondary N) is 1. The van der Waals surface area contributed by atoms with Crippen LogP contribution < -0.4 is 5.32 Å². The summed E-state index contributed by atoms with van der Waals surface area (Å²) in [5.41, 5.74) is 0.837. The van der Waals surface area contributed by atoms with Crippen molar-refractivity contribution in [1.82, 2.24) is 5.32 Å². The van der Waals surface area contributed by atoms with E-state index in [0.29, 0.717) is 12.5 Å². The lowest BCUT2D eigenvalue weighted by molar-refractivity contribution is 0.161. The number of methoxy groups -OCH3 is 1. The lowest BCUT2D eigenvalue weighted by Gasteiger charge is -2.22. The zero-order valence-electron chi connectivity index (χ0n) is 11.0. The fourth-order valence-corrected chi connectivity index (χ4v) is 2.55. The van der Waals surface area contributed by atoms with Crippen LogP contribution in [0.5, 0.6) is 0 Å². The van der Waals surface area contributed by atoms with Gasteiger partial charge in [0.15, 0.2) is 0 Å². The second-order valence-electron chi connectivity index (χ2n) is 4.96. The molecule has 0 aromatic heterocycles. The van der Waals surface area contributed by atoms with Crippen molar-refractivity contribution >= 4 is 0 Å². The first kappa shape index (κ1) is 13.1. The molecule has 0 heterocycles. The van der Waals surface area contributed by atoms with Crippen LogP contribution in [0.15, 0.2) is 30.3 Å². The summed E-state index contributed by atoms with van der Waals surface area (Å²) in [5.74, 6) is 0.477. The molecule has 18 heavy (non-hydrogen) atoms. The van der Waals surface area contributed by atoms with E-state index in [0.717, 1.165) is 12.8 Å². The van der Waals surface area contributed by atoms with Crippen molar-refractivity contribution in [3.8, 4) is 6.07 Å². The van der Waals surface area contributed by atoms with Crippen molar-refractivity contribution < 1.29 is 4.74 Å². The van der Waals surface area contributed by atoms with Gasteiger partial charge < -0.3 is 4.74 Å². The molecular weight excluding hydrogens is 224 g/mol. The molecule has 3 nitrogen and oxygen atoms in total. The largest absolute Gasteiger partial charge is 0.383 e. The summed E-state index contributed by atoms with van der Waals surface area (Å²) >= 11 is 0. The monoisotopic (exact) mass is 244 g/mol. The molecule has 0 aliphatic heterocycles. The van der Waals surface area contributed by atoms with Crippen LogP contribution in [0.4, 0.5) is 0 Å². The van der Waals surface area contributed by atoms with E-state index in [1.54, 1.807) is 7.11 Å². The maximum Gasteiger partial charge on any atom is 0.110 e. The molecule has 1 saturated carbocycles. The molecule has 0 unspecified atom stereocenters. The first-order valence-corrected chi connectivity index (χ1v) is 6.48. The van der Waals surface area contributed by atoms with Gasteiger partial charge >= 0.3 is 0 Å². The molecule has 1 aliphatic carbocycles. The van der Waals surface area contributed by atoms with Crippen LogP contribution >= 0.6 is 0 Å². The Hall–Kier alpha value is -1.37. The first-order chi connectivity index (χ1) is 8.75. The Morgan fingerprint density at radius 1 is 1.50 bits per heavy atom. The average molecular weight is 244 g/mol. The van der Waals surface area contributed by atoms with E-state index >= 15 is 0 Å². The van der Waals surface area contributed by atoms with Gasteiger partial charge in [-0.05, 0) is 17.9 Å². The molecule has 3 atom stereocenters. The number of nitriles is 1. The van der Waals surface area contributed by atoms with Crippen LogP contribution in [0.1, 0.15) is 31.4 Å². The second-order valence-corrected chi connectivity index (χ2v) is 4.96. The molecule has 1 aromatic rings. The van der Waals surface area contributed by atoms with Crippen molar-refractivity contribution in [2.24, 2.45) is 5.92 Å². The zero-order chi connectivity index (χ0) is 13.0. The van der Waals surface area contributed by atoms with Crippen molar-refractivity contribution in [1.29, 1.82) is 5.26 Å². The maximum absolute atomic E-state index is 9.37. The zero-order valence-corrected chi connectivity index (χ0v) is 11.0. The van der Waals surface area contributed by atoms with E-state index < -0.39 is 0 Å². The SMILES string of the molecule is CC[C@@H]1C[C@]1(C#N)N[C@@H](COC)c1ccccc1. The molecule has 0 radical (unpaired) electrons. The lowest BCUT2D eigenvalue weighted by atomic mass is 10.1. The van der Waals surface area contributed by atoms with Crippen LogP contribution in [0, 0.1) is 17.2 Å². The highest BCUT2D eigenvalue weighted by Gasteiger charge is 2.54. The molecule has 96 valence electrons. The highest BCUT2D eigenvalue weighted by atomic mass is 16.5. The predicted octanol–water partition coefficient (Wildman–Crippen LogP) is 2.66. The molecule has 0 amide bonds. The van der Waals surface area contributed by atoms with E-state index in [1.807, 2.05) is 18.2 Å². The molecule has 3 heteroatoms. The number of nitrogens with zero attached hydrogens (tertiary/aromatic N) is 1. The van der Waals surface area contributed by atoms with Gasteiger partial charge in [-0.25, -0.2) is 0 Å².